The van der Waals surface area contributed by atoms with Gasteiger partial charge in [0.05, 0.1) is 11.4 Å². The van der Waals surface area contributed by atoms with Gasteiger partial charge in [0, 0.05) is 62.6 Å². The number of nitrogens with zero attached hydrogens (tertiary/aromatic N) is 5. The summed E-state index contributed by atoms with van der Waals surface area (Å²) in [5.41, 5.74) is 5.43. The Balaban J connectivity index is 0.00000433. The summed E-state index contributed by atoms with van der Waals surface area (Å²) in [4.78, 5) is 23.2. The molecule has 47 heavy (non-hydrogen) atoms. The van der Waals surface area contributed by atoms with Crippen LogP contribution in [-0.4, -0.2) is 30.0 Å². The molecule has 0 saturated heterocycles. The van der Waals surface area contributed by atoms with Crippen molar-refractivity contribution in [3.05, 3.63) is 121 Å². The van der Waals surface area contributed by atoms with E-state index >= 15 is 0 Å². The second-order valence-corrected chi connectivity index (χ2v) is 13.2. The normalized spacial score (nSPS) is 11.5. The van der Waals surface area contributed by atoms with E-state index in [1.165, 1.54) is 0 Å². The third kappa shape index (κ3) is 7.64. The predicted molar refractivity (Wildman–Crippen MR) is 182 cm³/mol. The fourth-order valence-electron chi connectivity index (χ4n) is 5.08. The molecule has 0 aliphatic carbocycles. The fraction of sp³-hybridized carbons (Fsp3) is 0.205. The van der Waals surface area contributed by atoms with Gasteiger partial charge in [-0.3, -0.25) is 15.0 Å². The zero-order chi connectivity index (χ0) is 32.5. The van der Waals surface area contributed by atoms with Crippen molar-refractivity contribution in [1.29, 1.82) is 0 Å². The number of aromatic nitrogens is 5. The van der Waals surface area contributed by atoms with Crippen LogP contribution in [0.5, 0.6) is 17.4 Å². The molecule has 240 valence electrons. The van der Waals surface area contributed by atoms with Crippen molar-refractivity contribution in [2.75, 3.05) is 0 Å². The number of benzene rings is 3. The Labute approximate surface area is 290 Å². The SMILES string of the molecule is CC(C)(C)c1cc(-c2nc(-c3[c-]c(Oc4cc(-c5ccncc5)ccn4)ccc3)nc(-c3ccccc3)n2)c(O)c(C(C)(C)C)c1.[Pt]. The summed E-state index contributed by atoms with van der Waals surface area (Å²) in [6, 6.07) is 30.4. The first kappa shape index (κ1) is 33.6. The van der Waals surface area contributed by atoms with E-state index in [0.29, 0.717) is 40.2 Å². The van der Waals surface area contributed by atoms with Crippen LogP contribution >= 0.6 is 0 Å². The third-order valence-corrected chi connectivity index (χ3v) is 7.66. The maximum absolute atomic E-state index is 11.7. The molecular weight excluding hydrogens is 766 g/mol. The minimum absolute atomic E-state index is 0. The van der Waals surface area contributed by atoms with Crippen molar-refractivity contribution in [2.45, 2.75) is 52.4 Å². The van der Waals surface area contributed by atoms with Crippen molar-refractivity contribution in [3.8, 4) is 62.7 Å². The maximum atomic E-state index is 11.7. The number of hydrogen-bond acceptors (Lipinski definition) is 7. The number of hydrogen-bond donors (Lipinski definition) is 1. The van der Waals surface area contributed by atoms with Gasteiger partial charge < -0.3 is 9.84 Å². The molecule has 0 aliphatic rings. The molecule has 3 aromatic heterocycles. The largest absolute Gasteiger partial charge is 0.507 e. The average molecular weight is 802 g/mol. The first-order valence-electron chi connectivity index (χ1n) is 15.2. The molecule has 0 bridgehead atoms. The molecule has 3 aromatic carbocycles. The van der Waals surface area contributed by atoms with Crippen LogP contribution in [0.1, 0.15) is 52.7 Å². The topological polar surface area (TPSA) is 93.9 Å². The summed E-state index contributed by atoms with van der Waals surface area (Å²) < 4.78 is 6.16. The minimum Gasteiger partial charge on any atom is -0.507 e. The molecule has 0 atom stereocenters. The van der Waals surface area contributed by atoms with Crippen LogP contribution in [-0.2, 0) is 31.9 Å². The monoisotopic (exact) mass is 801 g/mol. The summed E-state index contributed by atoms with van der Waals surface area (Å²) in [5, 5.41) is 11.7. The quantitative estimate of drug-likeness (QED) is 0.168. The molecule has 0 aliphatic heterocycles. The van der Waals surface area contributed by atoms with Crippen molar-refractivity contribution in [1.82, 2.24) is 24.9 Å². The molecule has 3 heterocycles. The molecule has 1 N–H and O–H groups in total. The van der Waals surface area contributed by atoms with Crippen molar-refractivity contribution in [2.24, 2.45) is 0 Å². The van der Waals surface area contributed by atoms with Crippen molar-refractivity contribution in [3.63, 3.8) is 0 Å². The van der Waals surface area contributed by atoms with Crippen LogP contribution in [0.2, 0.25) is 0 Å². The van der Waals surface area contributed by atoms with Crippen LogP contribution in [0.15, 0.2) is 104 Å². The standard InChI is InChI=1S/C39H36N5O2.Pt/c1-38(2,3)29-23-31(34(45)32(24-29)39(4,5)6)37-43-35(26-11-8-7-9-12-26)42-36(44-37)28-13-10-14-30(21-28)46-33-22-27(17-20-41-33)25-15-18-40-19-16-25;/h7-20,22-24,45H,1-6H3;/q-1;. The zero-order valence-electron chi connectivity index (χ0n) is 27.2. The smallest absolute Gasteiger partial charge is 0.217 e. The van der Waals surface area contributed by atoms with E-state index in [1.807, 2.05) is 78.9 Å². The maximum Gasteiger partial charge on any atom is 0.217 e. The number of rotatable bonds is 6. The van der Waals surface area contributed by atoms with Gasteiger partial charge >= 0.3 is 0 Å². The molecule has 0 unspecified atom stereocenters. The number of pyridine rings is 2. The number of phenols is 1. The zero-order valence-corrected chi connectivity index (χ0v) is 29.5. The Morgan fingerprint density at radius 3 is 2.02 bits per heavy atom. The first-order valence-corrected chi connectivity index (χ1v) is 15.2. The van der Waals surface area contributed by atoms with Gasteiger partial charge in [-0.15, -0.1) is 23.8 Å². The fourth-order valence-corrected chi connectivity index (χ4v) is 5.08. The van der Waals surface area contributed by atoms with Crippen LogP contribution in [0, 0.1) is 6.07 Å². The van der Waals surface area contributed by atoms with Gasteiger partial charge in [-0.1, -0.05) is 84.0 Å². The van der Waals surface area contributed by atoms with Crippen molar-refractivity contribution < 1.29 is 30.9 Å². The van der Waals surface area contributed by atoms with Gasteiger partial charge in [-0.25, -0.2) is 9.97 Å². The van der Waals surface area contributed by atoms with E-state index in [4.69, 9.17) is 19.7 Å². The molecule has 0 saturated carbocycles. The second-order valence-electron chi connectivity index (χ2n) is 13.2. The molecule has 6 rings (SSSR count). The number of aromatic hydroxyl groups is 1. The van der Waals surface area contributed by atoms with Gasteiger partial charge in [0.1, 0.15) is 5.75 Å². The number of phenolic OH excluding ortho intramolecular Hbond substituents is 1. The van der Waals surface area contributed by atoms with Gasteiger partial charge in [0.15, 0.2) is 11.6 Å². The molecule has 0 radical (unpaired) electrons. The summed E-state index contributed by atoms with van der Waals surface area (Å²) >= 11 is 0. The molecule has 6 aromatic rings. The molecule has 0 amide bonds. The second kappa shape index (κ2) is 13.5. The molecule has 0 spiro atoms. The molecule has 7 nitrogen and oxygen atoms in total. The van der Waals surface area contributed by atoms with E-state index in [2.05, 4.69) is 63.6 Å². The summed E-state index contributed by atoms with van der Waals surface area (Å²) in [6.07, 6.45) is 5.22. The Hall–Kier alpha value is -4.74. The van der Waals surface area contributed by atoms with Gasteiger partial charge in [-0.2, -0.15) is 0 Å². The predicted octanol–water partition coefficient (Wildman–Crippen LogP) is 9.22. The summed E-state index contributed by atoms with van der Waals surface area (Å²) in [7, 11) is 0. The first-order chi connectivity index (χ1) is 22.0. The van der Waals surface area contributed by atoms with E-state index in [0.717, 1.165) is 27.8 Å². The van der Waals surface area contributed by atoms with Crippen LogP contribution < -0.4 is 4.74 Å². The average Bonchev–Trinajstić information content (AvgIpc) is 3.04. The van der Waals surface area contributed by atoms with Gasteiger partial charge in [0.25, 0.3) is 0 Å². The summed E-state index contributed by atoms with van der Waals surface area (Å²) in [5.74, 6) is 2.34. The molecule has 0 fully saturated rings. The van der Waals surface area contributed by atoms with Crippen LogP contribution in [0.3, 0.4) is 0 Å². The minimum atomic E-state index is -0.305. The van der Waals surface area contributed by atoms with Gasteiger partial charge in [0.2, 0.25) is 5.88 Å². The Kier molecular flexibility index (Phi) is 9.69. The molecule has 8 heteroatoms. The van der Waals surface area contributed by atoms with Gasteiger partial charge in [-0.05, 0) is 51.8 Å². The van der Waals surface area contributed by atoms with Crippen molar-refractivity contribution >= 4 is 0 Å². The Morgan fingerprint density at radius 1 is 0.638 bits per heavy atom. The van der Waals surface area contributed by atoms with E-state index in [-0.39, 0.29) is 37.6 Å². The Bertz CT molecular complexity index is 2000. The van der Waals surface area contributed by atoms with E-state index in [9.17, 15) is 5.11 Å². The van der Waals surface area contributed by atoms with Crippen LogP contribution in [0.4, 0.5) is 0 Å². The number of ether oxygens (including phenoxy) is 1. The van der Waals surface area contributed by atoms with E-state index in [1.54, 1.807) is 18.6 Å². The van der Waals surface area contributed by atoms with E-state index < -0.39 is 0 Å². The van der Waals surface area contributed by atoms with Crippen LogP contribution in [0.25, 0.3) is 45.3 Å². The third-order valence-electron chi connectivity index (χ3n) is 7.66. The molecular formula is C39H36N5O2Pt-. The Morgan fingerprint density at radius 2 is 1.32 bits per heavy atom. The summed E-state index contributed by atoms with van der Waals surface area (Å²) in [6.45, 7) is 12.8.